The SMILES string of the molecule is O=c1c2nn(-c3ccc(Cl)cc3)c(-c3ccccc3Cl)cc-2nn1Cc1ccc(SC(F)(F)F)cc1. The van der Waals surface area contributed by atoms with E-state index in [1.807, 2.05) is 18.2 Å². The number of hydrogen-bond acceptors (Lipinski definition) is 4. The Bertz CT molecular complexity index is 1560. The third-order valence-corrected chi connectivity index (χ3v) is 6.64. The van der Waals surface area contributed by atoms with E-state index in [1.165, 1.54) is 28.9 Å². The summed E-state index contributed by atoms with van der Waals surface area (Å²) >= 11 is 12.3. The molecular weight excluding hydrogens is 532 g/mol. The van der Waals surface area contributed by atoms with E-state index in [2.05, 4.69) is 10.2 Å². The lowest BCUT2D eigenvalue weighted by Crippen LogP contribution is -2.19. The maximum atomic E-state index is 13.2. The van der Waals surface area contributed by atoms with Crippen molar-refractivity contribution in [2.45, 2.75) is 16.9 Å². The lowest BCUT2D eigenvalue weighted by molar-refractivity contribution is -0.0328. The van der Waals surface area contributed by atoms with E-state index in [-0.39, 0.29) is 28.9 Å². The fourth-order valence-corrected chi connectivity index (χ4v) is 4.60. The highest BCUT2D eigenvalue weighted by molar-refractivity contribution is 8.00. The lowest BCUT2D eigenvalue weighted by Gasteiger charge is -2.15. The van der Waals surface area contributed by atoms with Crippen LogP contribution in [-0.4, -0.2) is 25.1 Å². The van der Waals surface area contributed by atoms with Gasteiger partial charge in [0.05, 0.1) is 17.9 Å². The molecule has 0 aliphatic carbocycles. The summed E-state index contributed by atoms with van der Waals surface area (Å²) in [6.07, 6.45) is 0. The van der Waals surface area contributed by atoms with Gasteiger partial charge in [0.25, 0.3) is 5.56 Å². The fraction of sp³-hybridized carbons (Fsp3) is 0.0800. The second kappa shape index (κ2) is 9.65. The van der Waals surface area contributed by atoms with Crippen LogP contribution in [0.5, 0.6) is 0 Å². The molecule has 2 aliphatic rings. The van der Waals surface area contributed by atoms with Crippen molar-refractivity contribution < 1.29 is 13.2 Å². The molecule has 0 amide bonds. The predicted molar refractivity (Wildman–Crippen MR) is 135 cm³/mol. The van der Waals surface area contributed by atoms with Gasteiger partial charge in [0, 0.05) is 20.5 Å². The molecule has 3 aromatic rings. The number of halogens is 5. The molecule has 0 atom stereocenters. The zero-order valence-electron chi connectivity index (χ0n) is 18.2. The molecule has 0 bridgehead atoms. The van der Waals surface area contributed by atoms with Gasteiger partial charge in [-0.25, -0.2) is 9.36 Å². The molecule has 5 nitrogen and oxygen atoms in total. The average molecular weight is 547 g/mol. The van der Waals surface area contributed by atoms with Gasteiger partial charge in [-0.2, -0.15) is 23.4 Å². The minimum Gasteiger partial charge on any atom is -0.265 e. The van der Waals surface area contributed by atoms with E-state index in [0.29, 0.717) is 38.2 Å². The van der Waals surface area contributed by atoms with Gasteiger partial charge in [0.1, 0.15) is 5.69 Å². The maximum absolute atomic E-state index is 13.2. The van der Waals surface area contributed by atoms with Crippen LogP contribution in [0.3, 0.4) is 0 Å². The van der Waals surface area contributed by atoms with Crippen LogP contribution in [0.4, 0.5) is 13.2 Å². The normalized spacial score (nSPS) is 11.8. The monoisotopic (exact) mass is 546 g/mol. The first-order valence-electron chi connectivity index (χ1n) is 10.5. The lowest BCUT2D eigenvalue weighted by atomic mass is 10.1. The minimum absolute atomic E-state index is 0.0641. The summed E-state index contributed by atoms with van der Waals surface area (Å²) in [5.41, 5.74) is -1.67. The van der Waals surface area contributed by atoms with Crippen molar-refractivity contribution in [3.05, 3.63) is 105 Å². The number of alkyl halides is 3. The molecule has 0 fully saturated rings. The van der Waals surface area contributed by atoms with Crippen molar-refractivity contribution in [1.29, 1.82) is 0 Å². The average Bonchev–Trinajstić information content (AvgIpc) is 3.14. The molecule has 0 radical (unpaired) electrons. The Morgan fingerprint density at radius 3 is 2.25 bits per heavy atom. The van der Waals surface area contributed by atoms with Gasteiger partial charge in [0.15, 0.2) is 5.69 Å². The van der Waals surface area contributed by atoms with Crippen molar-refractivity contribution >= 4 is 35.0 Å². The van der Waals surface area contributed by atoms with Crippen molar-refractivity contribution in [3.63, 3.8) is 0 Å². The van der Waals surface area contributed by atoms with Gasteiger partial charge < -0.3 is 0 Å². The van der Waals surface area contributed by atoms with Crippen LogP contribution in [0.2, 0.25) is 10.0 Å². The van der Waals surface area contributed by atoms with E-state index < -0.39 is 11.1 Å². The Labute approximate surface area is 217 Å². The first-order chi connectivity index (χ1) is 17.2. The smallest absolute Gasteiger partial charge is 0.265 e. The molecule has 0 saturated heterocycles. The molecule has 0 saturated carbocycles. The summed E-state index contributed by atoms with van der Waals surface area (Å²) in [5.74, 6) is 0. The molecule has 11 heteroatoms. The van der Waals surface area contributed by atoms with Gasteiger partial charge in [-0.15, -0.1) is 0 Å². The molecule has 3 aromatic carbocycles. The Balaban J connectivity index is 1.58. The zero-order chi connectivity index (χ0) is 25.4. The standard InChI is InChI=1S/C25H15Cl2F3N4OS/c26-16-7-9-17(10-8-16)34-22(19-3-1-2-4-20(19)27)13-21-23(32-34)24(35)33(31-21)14-15-5-11-18(12-6-15)36-25(28,29)30/h1-13H,14H2. The molecule has 0 spiro atoms. The number of aromatic nitrogens is 4. The summed E-state index contributed by atoms with van der Waals surface area (Å²) in [4.78, 5) is 13.2. The molecule has 2 aliphatic heterocycles. The third-order valence-electron chi connectivity index (χ3n) is 5.32. The van der Waals surface area contributed by atoms with Gasteiger partial charge >= 0.3 is 5.51 Å². The number of fused-ring (bicyclic) bond motifs is 1. The molecule has 36 heavy (non-hydrogen) atoms. The number of rotatable bonds is 5. The van der Waals surface area contributed by atoms with E-state index in [1.54, 1.807) is 41.1 Å². The summed E-state index contributed by atoms with van der Waals surface area (Å²) < 4.78 is 40.6. The largest absolute Gasteiger partial charge is 0.446 e. The zero-order valence-corrected chi connectivity index (χ0v) is 20.5. The van der Waals surface area contributed by atoms with Crippen LogP contribution in [0.1, 0.15) is 5.56 Å². The van der Waals surface area contributed by atoms with E-state index >= 15 is 0 Å². The Morgan fingerprint density at radius 1 is 0.889 bits per heavy atom. The van der Waals surface area contributed by atoms with Crippen LogP contribution in [0.15, 0.2) is 88.6 Å². The molecular formula is C25H15Cl2F3N4OS. The minimum atomic E-state index is -4.37. The highest BCUT2D eigenvalue weighted by Gasteiger charge is 2.29. The van der Waals surface area contributed by atoms with Crippen LogP contribution in [0, 0.1) is 0 Å². The molecule has 182 valence electrons. The molecule has 2 heterocycles. The Hall–Kier alpha value is -3.27. The molecule has 0 N–H and O–H groups in total. The first-order valence-corrected chi connectivity index (χ1v) is 12.1. The summed E-state index contributed by atoms with van der Waals surface area (Å²) in [6.45, 7) is 0.0779. The molecule has 5 rings (SSSR count). The van der Waals surface area contributed by atoms with Gasteiger partial charge in [-0.05, 0) is 65.9 Å². The Morgan fingerprint density at radius 2 is 1.58 bits per heavy atom. The maximum Gasteiger partial charge on any atom is 0.446 e. The first kappa shape index (κ1) is 24.4. The van der Waals surface area contributed by atoms with Gasteiger partial charge in [0.2, 0.25) is 0 Å². The predicted octanol–water partition coefficient (Wildman–Crippen LogP) is 7.17. The van der Waals surface area contributed by atoms with Gasteiger partial charge in [-0.1, -0.05) is 53.5 Å². The second-order valence-corrected chi connectivity index (χ2v) is 9.77. The number of nitrogens with zero attached hydrogens (tertiary/aromatic N) is 4. The van der Waals surface area contributed by atoms with E-state index in [4.69, 9.17) is 23.2 Å². The second-order valence-electron chi connectivity index (χ2n) is 7.79. The quantitative estimate of drug-likeness (QED) is 0.219. The van der Waals surface area contributed by atoms with Gasteiger partial charge in [-0.3, -0.25) is 4.79 Å². The van der Waals surface area contributed by atoms with E-state index in [0.717, 1.165) is 0 Å². The Kier molecular flexibility index (Phi) is 6.55. The van der Waals surface area contributed by atoms with Crippen LogP contribution in [-0.2, 0) is 6.54 Å². The highest BCUT2D eigenvalue weighted by atomic mass is 35.5. The molecule has 0 unspecified atom stereocenters. The van der Waals surface area contributed by atoms with Crippen molar-refractivity contribution in [2.24, 2.45) is 0 Å². The summed E-state index contributed by atoms with van der Waals surface area (Å²) in [7, 11) is 0. The number of benzene rings is 3. The van der Waals surface area contributed by atoms with Crippen molar-refractivity contribution in [1.82, 2.24) is 19.6 Å². The van der Waals surface area contributed by atoms with Crippen molar-refractivity contribution in [2.75, 3.05) is 0 Å². The summed E-state index contributed by atoms with van der Waals surface area (Å²) in [5, 5.41) is 10.1. The topological polar surface area (TPSA) is 52.7 Å². The van der Waals surface area contributed by atoms with Crippen LogP contribution >= 0.6 is 35.0 Å². The van der Waals surface area contributed by atoms with Crippen LogP contribution < -0.4 is 5.56 Å². The summed E-state index contributed by atoms with van der Waals surface area (Å²) in [6, 6.07) is 21.8. The third kappa shape index (κ3) is 5.13. The fourth-order valence-electron chi connectivity index (χ4n) is 3.71. The number of hydrogen-bond donors (Lipinski definition) is 0. The number of thioether (sulfide) groups is 1. The van der Waals surface area contributed by atoms with Crippen molar-refractivity contribution in [3.8, 4) is 28.3 Å². The molecule has 0 aromatic heterocycles. The highest BCUT2D eigenvalue weighted by Crippen LogP contribution is 2.37. The van der Waals surface area contributed by atoms with E-state index in [9.17, 15) is 18.0 Å². The van der Waals surface area contributed by atoms with Crippen LogP contribution in [0.25, 0.3) is 28.3 Å².